The summed E-state index contributed by atoms with van der Waals surface area (Å²) in [6.45, 7) is 0. The van der Waals surface area contributed by atoms with E-state index in [2.05, 4.69) is 0 Å². The molecule has 1 nitrogen and oxygen atoms in total. The van der Waals surface area contributed by atoms with Crippen LogP contribution in [0.25, 0.3) is 6.08 Å². The summed E-state index contributed by atoms with van der Waals surface area (Å²) in [6.07, 6.45) is 6.64. The van der Waals surface area contributed by atoms with Crippen molar-refractivity contribution < 1.29 is 4.79 Å². The van der Waals surface area contributed by atoms with Gasteiger partial charge in [-0.15, -0.1) is 0 Å². The molecule has 2 aromatic carbocycles. The minimum absolute atomic E-state index is 0.160. The zero-order valence-electron chi connectivity index (χ0n) is 10.5. The van der Waals surface area contributed by atoms with Crippen molar-refractivity contribution in [2.45, 2.75) is 6.42 Å². The van der Waals surface area contributed by atoms with Gasteiger partial charge in [-0.2, -0.15) is 0 Å². The molecule has 1 aliphatic carbocycles. The molecule has 1 aliphatic rings. The Morgan fingerprint density at radius 2 is 1.63 bits per heavy atom. The summed E-state index contributed by atoms with van der Waals surface area (Å²) >= 11 is 0. The van der Waals surface area contributed by atoms with Gasteiger partial charge >= 0.3 is 0 Å². The lowest BCUT2D eigenvalue weighted by Gasteiger charge is -1.92. The Morgan fingerprint density at radius 1 is 0.895 bits per heavy atom. The van der Waals surface area contributed by atoms with Crippen LogP contribution in [0.1, 0.15) is 21.5 Å². The third-order valence-electron chi connectivity index (χ3n) is 3.32. The molecule has 2 aromatic rings. The largest absolute Gasteiger partial charge is 0.289 e. The van der Waals surface area contributed by atoms with Crippen LogP contribution in [0, 0.1) is 0 Å². The lowest BCUT2D eigenvalue weighted by molar-refractivity contribution is 0.103. The second kappa shape index (κ2) is 5.07. The molecular formula is C18H14O. The Bertz CT molecular complexity index is 663. The van der Waals surface area contributed by atoms with Gasteiger partial charge in [-0.25, -0.2) is 0 Å². The number of carbonyl (C=O) groups is 1. The Morgan fingerprint density at radius 3 is 2.42 bits per heavy atom. The summed E-state index contributed by atoms with van der Waals surface area (Å²) in [4.78, 5) is 12.1. The van der Waals surface area contributed by atoms with Crippen molar-refractivity contribution in [3.8, 4) is 0 Å². The highest BCUT2D eigenvalue weighted by molar-refractivity contribution is 6.13. The third kappa shape index (κ3) is 2.41. The Kier molecular flexibility index (Phi) is 3.11. The fraction of sp³-hybridized carbons (Fsp3) is 0.0556. The molecule has 0 spiro atoms. The number of hydrogen-bond donors (Lipinski definition) is 0. The van der Waals surface area contributed by atoms with Gasteiger partial charge in [0.1, 0.15) is 0 Å². The van der Waals surface area contributed by atoms with E-state index in [-0.39, 0.29) is 5.78 Å². The number of carbonyl (C=O) groups excluding carboxylic acids is 1. The van der Waals surface area contributed by atoms with Crippen LogP contribution in [-0.2, 0) is 6.42 Å². The SMILES string of the molecule is O=C1/C(=C/C=C/c2ccccc2)Cc2ccccc21. The van der Waals surface area contributed by atoms with Crippen molar-refractivity contribution in [2.75, 3.05) is 0 Å². The van der Waals surface area contributed by atoms with Gasteiger partial charge in [0.25, 0.3) is 0 Å². The average molecular weight is 246 g/mol. The van der Waals surface area contributed by atoms with Crippen molar-refractivity contribution in [1.29, 1.82) is 0 Å². The zero-order valence-corrected chi connectivity index (χ0v) is 10.5. The van der Waals surface area contributed by atoms with Gasteiger partial charge in [-0.1, -0.05) is 72.8 Å². The van der Waals surface area contributed by atoms with Crippen molar-refractivity contribution in [1.82, 2.24) is 0 Å². The molecule has 0 N–H and O–H groups in total. The Hall–Kier alpha value is -2.41. The molecule has 92 valence electrons. The molecule has 0 unspecified atom stereocenters. The minimum Gasteiger partial charge on any atom is -0.289 e. The molecule has 0 fully saturated rings. The first kappa shape index (κ1) is 11.7. The zero-order chi connectivity index (χ0) is 13.1. The van der Waals surface area contributed by atoms with E-state index in [1.165, 1.54) is 0 Å². The predicted octanol–water partition coefficient (Wildman–Crippen LogP) is 4.07. The van der Waals surface area contributed by atoms with Gasteiger partial charge in [0.2, 0.25) is 0 Å². The molecule has 3 rings (SSSR count). The topological polar surface area (TPSA) is 17.1 Å². The molecule has 0 saturated heterocycles. The summed E-state index contributed by atoms with van der Waals surface area (Å²) in [5.41, 5.74) is 3.99. The van der Waals surface area contributed by atoms with E-state index in [9.17, 15) is 4.79 Å². The number of benzene rings is 2. The maximum Gasteiger partial charge on any atom is 0.189 e. The maximum atomic E-state index is 12.1. The van der Waals surface area contributed by atoms with Crippen molar-refractivity contribution in [2.24, 2.45) is 0 Å². The first-order chi connectivity index (χ1) is 9.34. The van der Waals surface area contributed by atoms with Crippen molar-refractivity contribution >= 4 is 11.9 Å². The summed E-state index contributed by atoms with van der Waals surface area (Å²) in [5.74, 6) is 0.160. The van der Waals surface area contributed by atoms with Gasteiger partial charge in [-0.05, 0) is 11.1 Å². The van der Waals surface area contributed by atoms with Crippen LogP contribution in [-0.4, -0.2) is 5.78 Å². The number of fused-ring (bicyclic) bond motifs is 1. The van der Waals surface area contributed by atoms with Crippen molar-refractivity contribution in [3.05, 3.63) is 89.0 Å². The number of rotatable bonds is 2. The number of allylic oxidation sites excluding steroid dienone is 3. The third-order valence-corrected chi connectivity index (χ3v) is 3.32. The maximum absolute atomic E-state index is 12.1. The van der Waals surface area contributed by atoms with E-state index in [4.69, 9.17) is 0 Å². The molecule has 0 aromatic heterocycles. The Labute approximate surface area is 112 Å². The molecule has 0 bridgehead atoms. The molecule has 1 heteroatoms. The van der Waals surface area contributed by atoms with Crippen LogP contribution in [0.4, 0.5) is 0 Å². The molecule has 0 amide bonds. The smallest absolute Gasteiger partial charge is 0.189 e. The molecule has 0 saturated carbocycles. The van der Waals surface area contributed by atoms with Crippen LogP contribution in [0.15, 0.2) is 72.3 Å². The second-order valence-electron chi connectivity index (χ2n) is 4.62. The van der Waals surface area contributed by atoms with Gasteiger partial charge in [0.05, 0.1) is 0 Å². The standard InChI is InChI=1S/C18H14O/c19-18-16(13-15-10-4-5-12-17(15)18)11-6-9-14-7-2-1-3-8-14/h1-12H,13H2/b9-6+,16-11+. The molecule has 19 heavy (non-hydrogen) atoms. The summed E-state index contributed by atoms with van der Waals surface area (Å²) in [7, 11) is 0. The monoisotopic (exact) mass is 246 g/mol. The number of ketones is 1. The normalized spacial score (nSPS) is 16.2. The van der Waals surface area contributed by atoms with E-state index >= 15 is 0 Å². The van der Waals surface area contributed by atoms with Crippen LogP contribution in [0.2, 0.25) is 0 Å². The first-order valence-corrected chi connectivity index (χ1v) is 6.39. The van der Waals surface area contributed by atoms with Gasteiger partial charge in [0.15, 0.2) is 5.78 Å². The average Bonchev–Trinajstić information content (AvgIpc) is 2.78. The fourth-order valence-electron chi connectivity index (χ4n) is 2.33. The number of hydrogen-bond acceptors (Lipinski definition) is 1. The van der Waals surface area contributed by atoms with Crippen LogP contribution in [0.5, 0.6) is 0 Å². The lowest BCUT2D eigenvalue weighted by atomic mass is 10.1. The Balaban J connectivity index is 1.80. The first-order valence-electron chi connectivity index (χ1n) is 6.39. The van der Waals surface area contributed by atoms with Crippen LogP contribution >= 0.6 is 0 Å². The van der Waals surface area contributed by atoms with Gasteiger partial charge in [0, 0.05) is 17.6 Å². The highest BCUT2D eigenvalue weighted by Gasteiger charge is 2.23. The molecule has 0 heterocycles. The quantitative estimate of drug-likeness (QED) is 0.730. The summed E-state index contributed by atoms with van der Waals surface area (Å²) in [6, 6.07) is 17.9. The van der Waals surface area contributed by atoms with Crippen LogP contribution in [0.3, 0.4) is 0 Å². The molecule has 0 atom stereocenters. The highest BCUT2D eigenvalue weighted by Crippen LogP contribution is 2.25. The van der Waals surface area contributed by atoms with E-state index in [0.717, 1.165) is 28.7 Å². The van der Waals surface area contributed by atoms with E-state index in [0.29, 0.717) is 0 Å². The molecule has 0 aliphatic heterocycles. The summed E-state index contributed by atoms with van der Waals surface area (Å²) in [5, 5.41) is 0. The summed E-state index contributed by atoms with van der Waals surface area (Å²) < 4.78 is 0. The van der Waals surface area contributed by atoms with Crippen LogP contribution < -0.4 is 0 Å². The second-order valence-corrected chi connectivity index (χ2v) is 4.62. The van der Waals surface area contributed by atoms with E-state index in [1.807, 2.05) is 72.8 Å². The van der Waals surface area contributed by atoms with E-state index in [1.54, 1.807) is 0 Å². The molecular weight excluding hydrogens is 232 g/mol. The van der Waals surface area contributed by atoms with E-state index < -0.39 is 0 Å². The predicted molar refractivity (Wildman–Crippen MR) is 78.0 cm³/mol. The fourth-order valence-corrected chi connectivity index (χ4v) is 2.33. The lowest BCUT2D eigenvalue weighted by Crippen LogP contribution is -1.94. The molecule has 0 radical (unpaired) electrons. The van der Waals surface area contributed by atoms with Crippen molar-refractivity contribution in [3.63, 3.8) is 0 Å². The highest BCUT2D eigenvalue weighted by atomic mass is 16.1. The van der Waals surface area contributed by atoms with Gasteiger partial charge < -0.3 is 0 Å². The van der Waals surface area contributed by atoms with Gasteiger partial charge in [-0.3, -0.25) is 4.79 Å². The minimum atomic E-state index is 0.160. The number of Topliss-reactive ketones (excluding diaryl/α,β-unsaturated/α-hetero) is 1.